The van der Waals surface area contributed by atoms with Crippen molar-refractivity contribution in [3.05, 3.63) is 12.4 Å². The molecule has 0 aliphatic rings. The highest BCUT2D eigenvalue weighted by Crippen LogP contribution is 2.08. The Morgan fingerprint density at radius 3 is 2.73 bits per heavy atom. The Balaban J connectivity index is 2.31. The van der Waals surface area contributed by atoms with Gasteiger partial charge in [-0.1, -0.05) is 6.92 Å². The Morgan fingerprint density at radius 1 is 1.47 bits per heavy atom. The van der Waals surface area contributed by atoms with Gasteiger partial charge in [0.2, 0.25) is 5.95 Å². The summed E-state index contributed by atoms with van der Waals surface area (Å²) >= 11 is 1.95. The molecule has 0 aromatic carbocycles. The molecule has 0 bridgehead atoms. The molecule has 1 aromatic rings. The predicted octanol–water partition coefficient (Wildman–Crippen LogP) is 2.00. The molecule has 0 radical (unpaired) electrons. The summed E-state index contributed by atoms with van der Waals surface area (Å²) in [6, 6.07) is 0.396. The number of rotatable bonds is 6. The number of nitrogens with one attached hydrogen (secondary N) is 1. The summed E-state index contributed by atoms with van der Waals surface area (Å²) in [6.07, 6.45) is 4.35. The van der Waals surface area contributed by atoms with Gasteiger partial charge in [-0.15, -0.1) is 0 Å². The van der Waals surface area contributed by atoms with Crippen LogP contribution in [-0.2, 0) is 0 Å². The van der Waals surface area contributed by atoms with Crippen LogP contribution >= 0.6 is 11.8 Å². The monoisotopic (exact) mass is 226 g/mol. The third-order valence-corrected chi connectivity index (χ3v) is 2.88. The molecule has 0 saturated carbocycles. The summed E-state index contributed by atoms with van der Waals surface area (Å²) in [5.41, 5.74) is 6.09. The summed E-state index contributed by atoms with van der Waals surface area (Å²) in [7, 11) is 0. The number of anilines is 2. The van der Waals surface area contributed by atoms with E-state index in [1.807, 2.05) is 11.8 Å². The van der Waals surface area contributed by atoms with E-state index in [0.717, 1.165) is 6.42 Å². The maximum atomic E-state index is 5.50. The van der Waals surface area contributed by atoms with Gasteiger partial charge in [0.1, 0.15) is 0 Å². The lowest BCUT2D eigenvalue weighted by Crippen LogP contribution is -2.17. The van der Waals surface area contributed by atoms with Crippen LogP contribution < -0.4 is 11.1 Å². The van der Waals surface area contributed by atoms with E-state index in [1.54, 1.807) is 12.4 Å². The average molecular weight is 226 g/mol. The van der Waals surface area contributed by atoms with Gasteiger partial charge in [-0.3, -0.25) is 0 Å². The van der Waals surface area contributed by atoms with Gasteiger partial charge in [0.05, 0.1) is 18.1 Å². The molecule has 3 N–H and O–H groups in total. The quantitative estimate of drug-likeness (QED) is 0.726. The molecule has 0 saturated heterocycles. The van der Waals surface area contributed by atoms with E-state index < -0.39 is 0 Å². The van der Waals surface area contributed by atoms with E-state index in [9.17, 15) is 0 Å². The third-order valence-electron chi connectivity index (χ3n) is 1.95. The molecule has 1 aromatic heterocycles. The molecule has 4 nitrogen and oxygen atoms in total. The molecule has 1 rings (SSSR count). The summed E-state index contributed by atoms with van der Waals surface area (Å²) in [5.74, 6) is 2.99. The van der Waals surface area contributed by atoms with Crippen LogP contribution in [0.15, 0.2) is 12.4 Å². The molecule has 0 aliphatic heterocycles. The Labute approximate surface area is 95.1 Å². The first-order valence-corrected chi connectivity index (χ1v) is 6.29. The zero-order chi connectivity index (χ0) is 11.1. The molecule has 1 atom stereocenters. The average Bonchev–Trinajstić information content (AvgIpc) is 2.22. The smallest absolute Gasteiger partial charge is 0.222 e. The highest BCUT2D eigenvalue weighted by Gasteiger charge is 2.03. The number of nitrogens with two attached hydrogens (primary N) is 1. The largest absolute Gasteiger partial charge is 0.396 e. The van der Waals surface area contributed by atoms with Crippen molar-refractivity contribution in [3.63, 3.8) is 0 Å². The van der Waals surface area contributed by atoms with Crippen LogP contribution in [0.4, 0.5) is 11.6 Å². The minimum Gasteiger partial charge on any atom is -0.396 e. The Morgan fingerprint density at radius 2 is 2.13 bits per heavy atom. The highest BCUT2D eigenvalue weighted by atomic mass is 32.2. The second-order valence-corrected chi connectivity index (χ2v) is 4.76. The van der Waals surface area contributed by atoms with Crippen molar-refractivity contribution in [3.8, 4) is 0 Å². The summed E-state index contributed by atoms with van der Waals surface area (Å²) < 4.78 is 0. The van der Waals surface area contributed by atoms with E-state index in [4.69, 9.17) is 5.73 Å². The van der Waals surface area contributed by atoms with E-state index in [1.165, 1.54) is 11.5 Å². The topological polar surface area (TPSA) is 63.8 Å². The van der Waals surface area contributed by atoms with Crippen LogP contribution in [0.25, 0.3) is 0 Å². The van der Waals surface area contributed by atoms with Crippen LogP contribution in [0.5, 0.6) is 0 Å². The minimum atomic E-state index is 0.396. The minimum absolute atomic E-state index is 0.396. The fraction of sp³-hybridized carbons (Fsp3) is 0.600. The van der Waals surface area contributed by atoms with Crippen molar-refractivity contribution in [2.75, 3.05) is 22.6 Å². The van der Waals surface area contributed by atoms with Gasteiger partial charge in [-0.05, 0) is 24.9 Å². The molecule has 15 heavy (non-hydrogen) atoms. The number of aromatic nitrogens is 2. The summed E-state index contributed by atoms with van der Waals surface area (Å²) in [5, 5.41) is 3.24. The lowest BCUT2D eigenvalue weighted by atomic mass is 10.3. The van der Waals surface area contributed by atoms with Gasteiger partial charge in [0, 0.05) is 6.04 Å². The molecule has 5 heteroatoms. The maximum Gasteiger partial charge on any atom is 0.222 e. The zero-order valence-corrected chi connectivity index (χ0v) is 10.0. The standard InChI is InChI=1S/C10H18N4S/c1-3-15-5-4-8(2)14-10-12-6-9(11)7-13-10/h6-8H,3-5,11H2,1-2H3,(H,12,13,14). The molecule has 1 unspecified atom stereocenters. The molecule has 0 spiro atoms. The normalized spacial score (nSPS) is 12.4. The first kappa shape index (κ1) is 12.1. The zero-order valence-electron chi connectivity index (χ0n) is 9.23. The number of nitrogens with zero attached hydrogens (tertiary/aromatic N) is 2. The molecule has 0 fully saturated rings. The molecular formula is C10H18N4S. The number of nitrogen functional groups attached to an aromatic ring is 1. The van der Waals surface area contributed by atoms with Crippen molar-refractivity contribution < 1.29 is 0 Å². The van der Waals surface area contributed by atoms with Gasteiger partial charge in [-0.25, -0.2) is 9.97 Å². The van der Waals surface area contributed by atoms with Gasteiger partial charge in [0.15, 0.2) is 0 Å². The van der Waals surface area contributed by atoms with Gasteiger partial charge in [0.25, 0.3) is 0 Å². The van der Waals surface area contributed by atoms with Crippen LogP contribution in [0.1, 0.15) is 20.3 Å². The van der Waals surface area contributed by atoms with Crippen LogP contribution in [0.2, 0.25) is 0 Å². The van der Waals surface area contributed by atoms with E-state index in [2.05, 4.69) is 29.1 Å². The second kappa shape index (κ2) is 6.50. The summed E-state index contributed by atoms with van der Waals surface area (Å²) in [6.45, 7) is 4.31. The van der Waals surface area contributed by atoms with E-state index in [-0.39, 0.29) is 0 Å². The number of hydrogen-bond donors (Lipinski definition) is 2. The SMILES string of the molecule is CCSCCC(C)Nc1ncc(N)cn1. The fourth-order valence-electron chi connectivity index (χ4n) is 1.11. The lowest BCUT2D eigenvalue weighted by molar-refractivity contribution is 0.760. The van der Waals surface area contributed by atoms with Gasteiger partial charge < -0.3 is 11.1 Å². The summed E-state index contributed by atoms with van der Waals surface area (Å²) in [4.78, 5) is 8.18. The van der Waals surface area contributed by atoms with Crippen LogP contribution in [0, 0.1) is 0 Å². The van der Waals surface area contributed by atoms with Crippen LogP contribution in [-0.4, -0.2) is 27.5 Å². The van der Waals surface area contributed by atoms with Crippen molar-refractivity contribution in [1.29, 1.82) is 0 Å². The highest BCUT2D eigenvalue weighted by molar-refractivity contribution is 7.99. The van der Waals surface area contributed by atoms with Crippen molar-refractivity contribution >= 4 is 23.4 Å². The number of thioether (sulfide) groups is 1. The molecule has 0 aliphatic carbocycles. The van der Waals surface area contributed by atoms with Crippen molar-refractivity contribution in [2.45, 2.75) is 26.3 Å². The fourth-order valence-corrected chi connectivity index (χ4v) is 1.92. The Kier molecular flexibility index (Phi) is 5.25. The molecule has 84 valence electrons. The molecular weight excluding hydrogens is 208 g/mol. The first-order valence-electron chi connectivity index (χ1n) is 5.14. The third kappa shape index (κ3) is 4.88. The van der Waals surface area contributed by atoms with E-state index >= 15 is 0 Å². The van der Waals surface area contributed by atoms with Gasteiger partial charge >= 0.3 is 0 Å². The second-order valence-electron chi connectivity index (χ2n) is 3.37. The predicted molar refractivity (Wildman–Crippen MR) is 67.1 cm³/mol. The number of hydrogen-bond acceptors (Lipinski definition) is 5. The van der Waals surface area contributed by atoms with Crippen molar-refractivity contribution in [1.82, 2.24) is 9.97 Å². The maximum absolute atomic E-state index is 5.50. The first-order chi connectivity index (χ1) is 7.22. The van der Waals surface area contributed by atoms with Crippen LogP contribution in [0.3, 0.4) is 0 Å². The van der Waals surface area contributed by atoms with Crippen molar-refractivity contribution in [2.24, 2.45) is 0 Å². The van der Waals surface area contributed by atoms with Gasteiger partial charge in [-0.2, -0.15) is 11.8 Å². The molecule has 1 heterocycles. The van der Waals surface area contributed by atoms with E-state index in [0.29, 0.717) is 17.7 Å². The Bertz CT molecular complexity index is 275. The Hall–Kier alpha value is -0.970. The molecule has 0 amide bonds. The lowest BCUT2D eigenvalue weighted by Gasteiger charge is -2.12.